The van der Waals surface area contributed by atoms with E-state index in [1.807, 2.05) is 18.7 Å². The van der Waals surface area contributed by atoms with E-state index in [1.54, 1.807) is 11.3 Å². The van der Waals surface area contributed by atoms with Crippen LogP contribution in [0.5, 0.6) is 0 Å². The summed E-state index contributed by atoms with van der Waals surface area (Å²) in [5.74, 6) is 0.122. The molecule has 2 rings (SSSR count). The van der Waals surface area contributed by atoms with E-state index < -0.39 is 0 Å². The van der Waals surface area contributed by atoms with Gasteiger partial charge in [0.25, 0.3) is 5.91 Å². The second kappa shape index (κ2) is 4.31. The smallest absolute Gasteiger partial charge is 0.273 e. The van der Waals surface area contributed by atoms with Gasteiger partial charge in [-0.05, 0) is 33.1 Å². The van der Waals surface area contributed by atoms with Gasteiger partial charge in [-0.2, -0.15) is 0 Å². The molecule has 0 saturated carbocycles. The highest BCUT2D eigenvalue weighted by molar-refractivity contribution is 7.11. The van der Waals surface area contributed by atoms with E-state index in [9.17, 15) is 4.79 Å². The lowest BCUT2D eigenvalue weighted by atomic mass is 10.1. The van der Waals surface area contributed by atoms with Gasteiger partial charge in [0.2, 0.25) is 0 Å². The van der Waals surface area contributed by atoms with Crippen molar-refractivity contribution < 1.29 is 4.79 Å². The van der Waals surface area contributed by atoms with Crippen LogP contribution in [0.3, 0.4) is 0 Å². The van der Waals surface area contributed by atoms with Gasteiger partial charge >= 0.3 is 0 Å². The van der Waals surface area contributed by atoms with Gasteiger partial charge in [-0.25, -0.2) is 4.98 Å². The van der Waals surface area contributed by atoms with Crippen molar-refractivity contribution in [2.24, 2.45) is 0 Å². The number of aromatic nitrogens is 1. The molecule has 0 spiro atoms. The highest BCUT2D eigenvalue weighted by Gasteiger charge is 2.22. The van der Waals surface area contributed by atoms with Gasteiger partial charge in [-0.1, -0.05) is 0 Å². The molecule has 0 bridgehead atoms. The first-order valence-corrected chi connectivity index (χ1v) is 6.23. The van der Waals surface area contributed by atoms with Crippen molar-refractivity contribution in [2.75, 3.05) is 13.1 Å². The van der Waals surface area contributed by atoms with Crippen molar-refractivity contribution in [3.8, 4) is 0 Å². The largest absolute Gasteiger partial charge is 0.337 e. The van der Waals surface area contributed by atoms with E-state index in [1.165, 1.54) is 6.42 Å². The van der Waals surface area contributed by atoms with Gasteiger partial charge in [0.1, 0.15) is 5.69 Å². The zero-order valence-electron chi connectivity index (χ0n) is 9.25. The van der Waals surface area contributed by atoms with Crippen LogP contribution in [0.25, 0.3) is 0 Å². The van der Waals surface area contributed by atoms with Crippen molar-refractivity contribution in [2.45, 2.75) is 33.1 Å². The minimum Gasteiger partial charge on any atom is -0.337 e. The number of hydrogen-bond acceptors (Lipinski definition) is 3. The number of carbonyl (C=O) groups excluding carboxylic acids is 1. The van der Waals surface area contributed by atoms with Crippen molar-refractivity contribution in [1.82, 2.24) is 9.88 Å². The van der Waals surface area contributed by atoms with Gasteiger partial charge in [-0.3, -0.25) is 4.79 Å². The summed E-state index contributed by atoms with van der Waals surface area (Å²) < 4.78 is 0. The number of piperidine rings is 1. The molecular weight excluding hydrogens is 208 g/mol. The number of carbonyl (C=O) groups is 1. The molecule has 1 aliphatic heterocycles. The topological polar surface area (TPSA) is 33.2 Å². The standard InChI is InChI=1S/C11H16N2OS/c1-8-10(12-9(2)15-8)11(14)13-6-4-3-5-7-13/h3-7H2,1-2H3. The van der Waals surface area contributed by atoms with Crippen LogP contribution in [-0.4, -0.2) is 28.9 Å². The number of hydrogen-bond donors (Lipinski definition) is 0. The summed E-state index contributed by atoms with van der Waals surface area (Å²) >= 11 is 1.60. The number of thiazole rings is 1. The molecule has 0 atom stereocenters. The molecule has 3 nitrogen and oxygen atoms in total. The Morgan fingerprint density at radius 2 is 1.93 bits per heavy atom. The maximum atomic E-state index is 12.1. The Morgan fingerprint density at radius 1 is 1.27 bits per heavy atom. The summed E-state index contributed by atoms with van der Waals surface area (Å²) in [6, 6.07) is 0. The molecule has 0 aromatic carbocycles. The number of nitrogens with zero attached hydrogens (tertiary/aromatic N) is 2. The predicted octanol–water partition coefficient (Wildman–Crippen LogP) is 2.39. The highest BCUT2D eigenvalue weighted by Crippen LogP contribution is 2.19. The first-order chi connectivity index (χ1) is 7.18. The van der Waals surface area contributed by atoms with Gasteiger partial charge in [0.15, 0.2) is 0 Å². The molecule has 1 aromatic rings. The monoisotopic (exact) mass is 224 g/mol. The summed E-state index contributed by atoms with van der Waals surface area (Å²) in [6.45, 7) is 5.72. The van der Waals surface area contributed by atoms with Crippen LogP contribution in [0.1, 0.15) is 39.6 Å². The number of likely N-dealkylation sites (tertiary alicyclic amines) is 1. The molecular formula is C11H16N2OS. The maximum Gasteiger partial charge on any atom is 0.273 e. The van der Waals surface area contributed by atoms with Crippen molar-refractivity contribution in [3.63, 3.8) is 0 Å². The third-order valence-electron chi connectivity index (χ3n) is 2.75. The second-order valence-corrected chi connectivity index (χ2v) is 5.40. The molecule has 0 N–H and O–H groups in total. The number of amides is 1. The Labute approximate surface area is 94.1 Å². The van der Waals surface area contributed by atoms with Crippen LogP contribution < -0.4 is 0 Å². The first-order valence-electron chi connectivity index (χ1n) is 5.42. The highest BCUT2D eigenvalue weighted by atomic mass is 32.1. The third kappa shape index (κ3) is 2.20. The molecule has 2 heterocycles. The Kier molecular flexibility index (Phi) is 3.05. The molecule has 1 amide bonds. The second-order valence-electron chi connectivity index (χ2n) is 3.99. The summed E-state index contributed by atoms with van der Waals surface area (Å²) in [7, 11) is 0. The SMILES string of the molecule is Cc1nc(C(=O)N2CCCCC2)c(C)s1. The van der Waals surface area contributed by atoms with Gasteiger partial charge in [0, 0.05) is 18.0 Å². The quantitative estimate of drug-likeness (QED) is 0.734. The minimum absolute atomic E-state index is 0.122. The number of rotatable bonds is 1. The van der Waals surface area contributed by atoms with E-state index in [4.69, 9.17) is 0 Å². The van der Waals surface area contributed by atoms with Crippen LogP contribution in [-0.2, 0) is 0 Å². The lowest BCUT2D eigenvalue weighted by Crippen LogP contribution is -2.36. The molecule has 4 heteroatoms. The normalized spacial score (nSPS) is 16.8. The van der Waals surface area contributed by atoms with E-state index in [-0.39, 0.29) is 5.91 Å². The van der Waals surface area contributed by atoms with Crippen molar-refractivity contribution >= 4 is 17.2 Å². The molecule has 1 fully saturated rings. The van der Waals surface area contributed by atoms with Crippen LogP contribution in [0, 0.1) is 13.8 Å². The lowest BCUT2D eigenvalue weighted by Gasteiger charge is -2.26. The molecule has 1 saturated heterocycles. The fourth-order valence-electron chi connectivity index (χ4n) is 1.97. The molecule has 0 radical (unpaired) electrons. The molecule has 82 valence electrons. The minimum atomic E-state index is 0.122. The lowest BCUT2D eigenvalue weighted by molar-refractivity contribution is 0.0718. The average molecular weight is 224 g/mol. The Balaban J connectivity index is 2.16. The Hall–Kier alpha value is -0.900. The first kappa shape index (κ1) is 10.6. The molecule has 1 aromatic heterocycles. The zero-order valence-corrected chi connectivity index (χ0v) is 10.1. The zero-order chi connectivity index (χ0) is 10.8. The molecule has 0 unspecified atom stereocenters. The van der Waals surface area contributed by atoms with Crippen LogP contribution in [0.2, 0.25) is 0 Å². The molecule has 15 heavy (non-hydrogen) atoms. The fourth-order valence-corrected chi connectivity index (χ4v) is 2.78. The summed E-state index contributed by atoms with van der Waals surface area (Å²) in [6.07, 6.45) is 3.51. The van der Waals surface area contributed by atoms with E-state index in [0.717, 1.165) is 35.8 Å². The van der Waals surface area contributed by atoms with E-state index in [2.05, 4.69) is 4.98 Å². The van der Waals surface area contributed by atoms with Crippen LogP contribution in [0.15, 0.2) is 0 Å². The Morgan fingerprint density at radius 3 is 2.47 bits per heavy atom. The van der Waals surface area contributed by atoms with E-state index >= 15 is 0 Å². The summed E-state index contributed by atoms with van der Waals surface area (Å²) in [5, 5.41) is 0.979. The van der Waals surface area contributed by atoms with Gasteiger partial charge in [0.05, 0.1) is 5.01 Å². The third-order valence-corrected chi connectivity index (χ3v) is 3.64. The van der Waals surface area contributed by atoms with Crippen LogP contribution >= 0.6 is 11.3 Å². The van der Waals surface area contributed by atoms with Crippen molar-refractivity contribution in [1.29, 1.82) is 0 Å². The Bertz CT molecular complexity index is 367. The average Bonchev–Trinajstić information content (AvgIpc) is 2.58. The van der Waals surface area contributed by atoms with Crippen LogP contribution in [0.4, 0.5) is 0 Å². The predicted molar refractivity (Wildman–Crippen MR) is 61.3 cm³/mol. The maximum absolute atomic E-state index is 12.1. The number of aryl methyl sites for hydroxylation is 2. The fraction of sp³-hybridized carbons (Fsp3) is 0.636. The van der Waals surface area contributed by atoms with E-state index in [0.29, 0.717) is 5.69 Å². The molecule has 1 aliphatic rings. The summed E-state index contributed by atoms with van der Waals surface area (Å²) in [5.41, 5.74) is 0.666. The van der Waals surface area contributed by atoms with Gasteiger partial charge < -0.3 is 4.90 Å². The summed E-state index contributed by atoms with van der Waals surface area (Å²) in [4.78, 5) is 19.4. The molecule has 0 aliphatic carbocycles. The van der Waals surface area contributed by atoms with Gasteiger partial charge in [-0.15, -0.1) is 11.3 Å². The van der Waals surface area contributed by atoms with Crippen molar-refractivity contribution in [3.05, 3.63) is 15.6 Å².